The first-order valence-electron chi connectivity index (χ1n) is 14.5. The van der Waals surface area contributed by atoms with Crippen LogP contribution in [-0.2, 0) is 6.54 Å². The van der Waals surface area contributed by atoms with Gasteiger partial charge in [-0.25, -0.2) is 14.4 Å². The fourth-order valence-corrected chi connectivity index (χ4v) is 5.55. The zero-order valence-electron chi connectivity index (χ0n) is 24.0. The first-order chi connectivity index (χ1) is 20.9. The molecule has 0 radical (unpaired) electrons. The maximum absolute atomic E-state index is 14.1. The maximum atomic E-state index is 14.1. The highest BCUT2D eigenvalue weighted by atomic mass is 35.5. The van der Waals surface area contributed by atoms with E-state index < -0.39 is 0 Å². The van der Waals surface area contributed by atoms with Crippen molar-refractivity contribution in [2.75, 3.05) is 51.6 Å². The number of benzene rings is 3. The van der Waals surface area contributed by atoms with Crippen LogP contribution in [0.25, 0.3) is 11.3 Å². The van der Waals surface area contributed by atoms with Gasteiger partial charge in [0.25, 0.3) is 5.91 Å². The molecular formula is C34H37ClFN7O. The Labute approximate surface area is 263 Å². The lowest BCUT2D eigenvalue weighted by atomic mass is 9.95. The van der Waals surface area contributed by atoms with Crippen molar-refractivity contribution < 1.29 is 9.18 Å². The summed E-state index contributed by atoms with van der Waals surface area (Å²) < 4.78 is 14.1. The third kappa shape index (κ3) is 7.30. The molecule has 1 fully saturated rings. The number of amides is 1. The summed E-state index contributed by atoms with van der Waals surface area (Å²) >= 11 is 6.38. The minimum Gasteiger partial charge on any atom is -0.352 e. The number of aliphatic imine (C=N–C) groups is 1. The fourth-order valence-electron chi connectivity index (χ4n) is 5.38. The molecule has 0 atom stereocenters. The van der Waals surface area contributed by atoms with Gasteiger partial charge >= 0.3 is 0 Å². The van der Waals surface area contributed by atoms with Crippen molar-refractivity contribution in [2.24, 2.45) is 4.99 Å². The van der Waals surface area contributed by atoms with Gasteiger partial charge in [0.2, 0.25) is 5.95 Å². The highest BCUT2D eigenvalue weighted by Gasteiger charge is 2.22. The Kier molecular flexibility index (Phi) is 9.99. The van der Waals surface area contributed by atoms with Crippen LogP contribution in [-0.4, -0.2) is 77.7 Å². The van der Waals surface area contributed by atoms with Gasteiger partial charge in [0.1, 0.15) is 5.82 Å². The van der Waals surface area contributed by atoms with E-state index in [1.807, 2.05) is 36.4 Å². The number of carbonyl (C=O) groups excluding carboxylic acids is 1. The number of aromatic nitrogens is 2. The Balaban J connectivity index is 0.00000384. The summed E-state index contributed by atoms with van der Waals surface area (Å²) in [5.41, 5.74) is 5.87. The van der Waals surface area contributed by atoms with Crippen molar-refractivity contribution in [3.63, 3.8) is 0 Å². The predicted molar refractivity (Wildman–Crippen MR) is 176 cm³/mol. The van der Waals surface area contributed by atoms with Gasteiger partial charge in [-0.1, -0.05) is 37.2 Å². The standard InChI is InChI=1S/C33H33ClFN7O.CH4/c1-41-14-16-42(17-15-41)13-3-12-36-32(43)22-6-9-27(10-7-22)39-33-38-21-24-20-37-30(23-4-2-5-26(35)18-23)29-19-25(34)8-11-28(29)31(24)40-33;/h2,4-11,18-19,21H,3,12-17,20H2,1H3,(H,36,43)(H,38,39,40);1H4. The summed E-state index contributed by atoms with van der Waals surface area (Å²) in [7, 11) is 2.15. The van der Waals surface area contributed by atoms with Crippen molar-refractivity contribution in [1.29, 1.82) is 0 Å². The minimum atomic E-state index is -0.332. The molecule has 6 rings (SSSR count). The maximum Gasteiger partial charge on any atom is 0.251 e. The molecule has 0 spiro atoms. The van der Waals surface area contributed by atoms with Crippen LogP contribution in [0, 0.1) is 5.82 Å². The predicted octanol–water partition coefficient (Wildman–Crippen LogP) is 6.03. The number of hydrogen-bond acceptors (Lipinski definition) is 7. The Hall–Kier alpha value is -4.18. The highest BCUT2D eigenvalue weighted by Crippen LogP contribution is 2.34. The Bertz CT molecular complexity index is 1650. The number of anilines is 2. The SMILES string of the molecule is C.CN1CCN(CCCNC(=O)c2ccc(Nc3ncc4c(n3)-c3ccc(Cl)cc3C(c3cccc(F)c3)=NC4)cc2)CC1. The summed E-state index contributed by atoms with van der Waals surface area (Å²) in [5, 5.41) is 6.83. The average molecular weight is 614 g/mol. The number of fused-ring (bicyclic) bond motifs is 3. The number of carbonyl (C=O) groups is 1. The van der Waals surface area contributed by atoms with Gasteiger partial charge in [-0.05, 0) is 68.5 Å². The van der Waals surface area contributed by atoms with E-state index >= 15 is 0 Å². The molecule has 0 bridgehead atoms. The molecule has 1 amide bonds. The fraction of sp³-hybridized carbons (Fsp3) is 0.294. The normalized spacial score (nSPS) is 14.8. The molecule has 4 aromatic rings. The molecule has 0 aliphatic carbocycles. The number of hydrogen-bond donors (Lipinski definition) is 2. The second kappa shape index (κ2) is 14.1. The van der Waals surface area contributed by atoms with Crippen molar-refractivity contribution in [2.45, 2.75) is 20.4 Å². The quantitative estimate of drug-likeness (QED) is 0.236. The van der Waals surface area contributed by atoms with Crippen LogP contribution in [0.2, 0.25) is 5.02 Å². The molecule has 44 heavy (non-hydrogen) atoms. The van der Waals surface area contributed by atoms with E-state index in [4.69, 9.17) is 21.6 Å². The lowest BCUT2D eigenvalue weighted by Gasteiger charge is -2.32. The molecule has 1 aromatic heterocycles. The van der Waals surface area contributed by atoms with E-state index in [1.165, 1.54) is 12.1 Å². The van der Waals surface area contributed by atoms with Crippen LogP contribution in [0.5, 0.6) is 0 Å². The van der Waals surface area contributed by atoms with Crippen molar-refractivity contribution >= 4 is 34.9 Å². The lowest BCUT2D eigenvalue weighted by molar-refractivity contribution is 0.0949. The van der Waals surface area contributed by atoms with Crippen LogP contribution in [0.4, 0.5) is 16.0 Å². The third-order valence-corrected chi connectivity index (χ3v) is 8.03. The summed E-state index contributed by atoms with van der Waals surface area (Å²) in [6.45, 7) is 6.33. The number of halogens is 2. The zero-order chi connectivity index (χ0) is 29.8. The van der Waals surface area contributed by atoms with E-state index in [0.717, 1.165) is 67.2 Å². The van der Waals surface area contributed by atoms with Crippen molar-refractivity contribution in [1.82, 2.24) is 25.1 Å². The van der Waals surface area contributed by atoms with Gasteiger partial charge in [0, 0.05) is 77.4 Å². The summed E-state index contributed by atoms with van der Waals surface area (Å²) in [4.78, 5) is 31.6. The van der Waals surface area contributed by atoms with Gasteiger partial charge in [0.05, 0.1) is 18.0 Å². The van der Waals surface area contributed by atoms with Crippen LogP contribution in [0.3, 0.4) is 0 Å². The molecule has 8 nitrogen and oxygen atoms in total. The highest BCUT2D eigenvalue weighted by molar-refractivity contribution is 6.31. The summed E-state index contributed by atoms with van der Waals surface area (Å²) in [5.74, 6) is -0.00734. The van der Waals surface area contributed by atoms with Gasteiger partial charge in [-0.2, -0.15) is 0 Å². The Morgan fingerprint density at radius 2 is 1.80 bits per heavy atom. The van der Waals surface area contributed by atoms with E-state index in [2.05, 4.69) is 32.5 Å². The van der Waals surface area contributed by atoms with E-state index in [0.29, 0.717) is 40.9 Å². The number of rotatable bonds is 8. The minimum absolute atomic E-state index is 0. The lowest BCUT2D eigenvalue weighted by Crippen LogP contribution is -2.45. The Morgan fingerprint density at radius 3 is 2.57 bits per heavy atom. The second-order valence-electron chi connectivity index (χ2n) is 10.9. The van der Waals surface area contributed by atoms with Crippen molar-refractivity contribution in [3.8, 4) is 11.3 Å². The van der Waals surface area contributed by atoms with Crippen LogP contribution in [0.15, 0.2) is 77.9 Å². The molecule has 3 heterocycles. The van der Waals surface area contributed by atoms with Gasteiger partial charge in [-0.3, -0.25) is 9.79 Å². The number of nitrogens with one attached hydrogen (secondary N) is 2. The molecule has 3 aromatic carbocycles. The number of nitrogens with zero attached hydrogens (tertiary/aromatic N) is 5. The topological polar surface area (TPSA) is 85.8 Å². The van der Waals surface area contributed by atoms with Gasteiger partial charge in [0.15, 0.2) is 0 Å². The molecule has 0 unspecified atom stereocenters. The van der Waals surface area contributed by atoms with Crippen LogP contribution >= 0.6 is 11.6 Å². The first kappa shape index (κ1) is 31.3. The average Bonchev–Trinajstić information content (AvgIpc) is 3.17. The number of likely N-dealkylation sites (N-methyl/N-ethyl adjacent to an activating group) is 1. The molecular weight excluding hydrogens is 577 g/mol. The molecule has 10 heteroatoms. The van der Waals surface area contributed by atoms with Gasteiger partial charge < -0.3 is 20.4 Å². The molecule has 0 saturated carbocycles. The molecule has 2 N–H and O–H groups in total. The summed E-state index contributed by atoms with van der Waals surface area (Å²) in [6, 6.07) is 19.2. The van der Waals surface area contributed by atoms with Crippen molar-refractivity contribution in [3.05, 3.63) is 106 Å². The van der Waals surface area contributed by atoms with E-state index in [-0.39, 0.29) is 19.2 Å². The largest absolute Gasteiger partial charge is 0.352 e. The van der Waals surface area contributed by atoms with Crippen LogP contribution in [0.1, 0.15) is 40.9 Å². The van der Waals surface area contributed by atoms with E-state index in [9.17, 15) is 9.18 Å². The van der Waals surface area contributed by atoms with Gasteiger partial charge in [-0.15, -0.1) is 0 Å². The first-order valence-corrected chi connectivity index (χ1v) is 14.8. The second-order valence-corrected chi connectivity index (χ2v) is 11.3. The third-order valence-electron chi connectivity index (χ3n) is 7.80. The molecule has 1 saturated heterocycles. The molecule has 228 valence electrons. The molecule has 2 aliphatic heterocycles. The van der Waals surface area contributed by atoms with Crippen LogP contribution < -0.4 is 10.6 Å². The van der Waals surface area contributed by atoms with E-state index in [1.54, 1.807) is 24.4 Å². The zero-order valence-corrected chi connectivity index (χ0v) is 24.7. The number of piperazine rings is 1. The summed E-state index contributed by atoms with van der Waals surface area (Å²) in [6.07, 6.45) is 2.68. The smallest absolute Gasteiger partial charge is 0.251 e. The Morgan fingerprint density at radius 1 is 1.00 bits per heavy atom. The molecule has 2 aliphatic rings. The monoisotopic (exact) mass is 613 g/mol.